The number of aliphatic carboxylic acids is 1. The quantitative estimate of drug-likeness (QED) is 0.658. The monoisotopic (exact) mass is 268 g/mol. The third-order valence-electron chi connectivity index (χ3n) is 3.07. The van der Waals surface area contributed by atoms with Gasteiger partial charge in [0, 0.05) is 18.5 Å². The van der Waals surface area contributed by atoms with Crippen LogP contribution in [-0.4, -0.2) is 45.7 Å². The second-order valence-corrected chi connectivity index (χ2v) is 4.44. The van der Waals surface area contributed by atoms with Crippen molar-refractivity contribution in [3.05, 3.63) is 29.6 Å². The zero-order chi connectivity index (χ0) is 14.2. The van der Waals surface area contributed by atoms with Gasteiger partial charge in [0.15, 0.2) is 0 Å². The van der Waals surface area contributed by atoms with Crippen molar-refractivity contribution in [2.75, 3.05) is 12.3 Å². The van der Waals surface area contributed by atoms with Crippen LogP contribution < -0.4 is 5.73 Å². The molecule has 1 aliphatic rings. The number of nitrogens with zero attached hydrogens (tertiary/aromatic N) is 1. The third kappa shape index (κ3) is 2.50. The SMILES string of the molecule is Nc1ccc(C(=O)N2C[C@@H](O)C[C@H]2C(=O)O)cc1F. The maximum Gasteiger partial charge on any atom is 0.326 e. The molecule has 1 aromatic carbocycles. The minimum absolute atomic E-state index is 0.00653. The van der Waals surface area contributed by atoms with Crippen LogP contribution in [-0.2, 0) is 4.79 Å². The van der Waals surface area contributed by atoms with Crippen LogP contribution in [0.15, 0.2) is 18.2 Å². The summed E-state index contributed by atoms with van der Waals surface area (Å²) >= 11 is 0. The predicted octanol–water partition coefficient (Wildman–Crippen LogP) is 0.0679. The molecule has 2 rings (SSSR count). The third-order valence-corrected chi connectivity index (χ3v) is 3.07. The Bertz CT molecular complexity index is 534. The van der Waals surface area contributed by atoms with Crippen LogP contribution in [0.2, 0.25) is 0 Å². The number of aliphatic hydroxyl groups is 1. The molecule has 1 aliphatic heterocycles. The fraction of sp³-hybridized carbons (Fsp3) is 0.333. The molecule has 0 spiro atoms. The van der Waals surface area contributed by atoms with E-state index in [0.29, 0.717) is 0 Å². The number of rotatable bonds is 2. The van der Waals surface area contributed by atoms with E-state index in [4.69, 9.17) is 10.8 Å². The van der Waals surface area contributed by atoms with Crippen molar-refractivity contribution in [1.82, 2.24) is 4.90 Å². The minimum atomic E-state index is -1.19. The number of benzene rings is 1. The number of amides is 1. The number of hydrogen-bond acceptors (Lipinski definition) is 4. The fourth-order valence-corrected chi connectivity index (χ4v) is 2.10. The van der Waals surface area contributed by atoms with Crippen molar-refractivity contribution >= 4 is 17.6 Å². The standard InChI is InChI=1S/C12H13FN2O4/c13-8-3-6(1-2-9(8)14)11(17)15-5-7(16)4-10(15)12(18)19/h1-3,7,10,16H,4-5,14H2,(H,18,19)/t7-,10-/m0/s1. The fourth-order valence-electron chi connectivity index (χ4n) is 2.10. The van der Waals surface area contributed by atoms with Gasteiger partial charge in [-0.05, 0) is 18.2 Å². The molecule has 7 heteroatoms. The van der Waals surface area contributed by atoms with E-state index in [1.54, 1.807) is 0 Å². The predicted molar refractivity (Wildman–Crippen MR) is 63.9 cm³/mol. The Morgan fingerprint density at radius 1 is 1.42 bits per heavy atom. The number of likely N-dealkylation sites (tertiary alicyclic amines) is 1. The summed E-state index contributed by atoms with van der Waals surface area (Å²) in [6, 6.07) is 2.43. The van der Waals surface area contributed by atoms with E-state index in [0.717, 1.165) is 11.0 Å². The van der Waals surface area contributed by atoms with Gasteiger partial charge in [-0.3, -0.25) is 4.79 Å². The van der Waals surface area contributed by atoms with Gasteiger partial charge in [0.1, 0.15) is 11.9 Å². The zero-order valence-corrected chi connectivity index (χ0v) is 9.91. The molecule has 0 bridgehead atoms. The molecule has 0 saturated carbocycles. The lowest BCUT2D eigenvalue weighted by atomic mass is 10.1. The molecule has 19 heavy (non-hydrogen) atoms. The van der Waals surface area contributed by atoms with Crippen LogP contribution in [0.1, 0.15) is 16.8 Å². The van der Waals surface area contributed by atoms with Gasteiger partial charge in [0.2, 0.25) is 0 Å². The molecule has 1 fully saturated rings. The first-order valence-electron chi connectivity index (χ1n) is 5.67. The molecular formula is C12H13FN2O4. The lowest BCUT2D eigenvalue weighted by Crippen LogP contribution is -2.40. The molecule has 1 aromatic rings. The van der Waals surface area contributed by atoms with Crippen LogP contribution in [0, 0.1) is 5.82 Å². The van der Waals surface area contributed by atoms with Crippen molar-refractivity contribution < 1.29 is 24.2 Å². The summed E-state index contributed by atoms with van der Waals surface area (Å²) in [6.07, 6.45) is -0.915. The molecule has 2 atom stereocenters. The van der Waals surface area contributed by atoms with Crippen molar-refractivity contribution in [2.45, 2.75) is 18.6 Å². The number of nitrogen functional groups attached to an aromatic ring is 1. The summed E-state index contributed by atoms with van der Waals surface area (Å²) in [5, 5.41) is 18.5. The molecule has 0 aromatic heterocycles. The van der Waals surface area contributed by atoms with E-state index in [-0.39, 0.29) is 24.2 Å². The van der Waals surface area contributed by atoms with Crippen molar-refractivity contribution in [3.8, 4) is 0 Å². The molecular weight excluding hydrogens is 255 g/mol. The number of carboxylic acid groups (broad SMARTS) is 1. The number of β-amino-alcohol motifs (C(OH)–C–C–N with tert-alkyl or cyclic N) is 1. The first kappa shape index (κ1) is 13.3. The van der Waals surface area contributed by atoms with E-state index in [9.17, 15) is 19.1 Å². The van der Waals surface area contributed by atoms with Crippen LogP contribution in [0.3, 0.4) is 0 Å². The van der Waals surface area contributed by atoms with Crippen molar-refractivity contribution in [3.63, 3.8) is 0 Å². The van der Waals surface area contributed by atoms with Gasteiger partial charge in [-0.2, -0.15) is 0 Å². The Kier molecular flexibility index (Phi) is 3.39. The second-order valence-electron chi connectivity index (χ2n) is 4.44. The van der Waals surface area contributed by atoms with E-state index < -0.39 is 29.8 Å². The summed E-state index contributed by atoms with van der Waals surface area (Å²) in [5.41, 5.74) is 5.22. The van der Waals surface area contributed by atoms with E-state index in [1.165, 1.54) is 12.1 Å². The second kappa shape index (κ2) is 4.85. The van der Waals surface area contributed by atoms with Gasteiger partial charge in [-0.1, -0.05) is 0 Å². The molecule has 0 radical (unpaired) electrons. The molecule has 102 valence electrons. The summed E-state index contributed by atoms with van der Waals surface area (Å²) in [7, 11) is 0. The van der Waals surface area contributed by atoms with Crippen LogP contribution in [0.4, 0.5) is 10.1 Å². The van der Waals surface area contributed by atoms with Crippen LogP contribution >= 0.6 is 0 Å². The number of aliphatic hydroxyl groups excluding tert-OH is 1. The Labute approximate surface area is 108 Å². The highest BCUT2D eigenvalue weighted by atomic mass is 19.1. The largest absolute Gasteiger partial charge is 0.480 e. The normalized spacial score (nSPS) is 22.5. The number of carbonyl (C=O) groups excluding carboxylic acids is 1. The number of halogens is 1. The van der Waals surface area contributed by atoms with Gasteiger partial charge < -0.3 is 20.8 Å². The number of hydrogen-bond donors (Lipinski definition) is 3. The average Bonchev–Trinajstić information content (AvgIpc) is 2.74. The smallest absolute Gasteiger partial charge is 0.326 e. The van der Waals surface area contributed by atoms with Gasteiger partial charge in [-0.15, -0.1) is 0 Å². The Hall–Kier alpha value is -2.15. The molecule has 4 N–H and O–H groups in total. The van der Waals surface area contributed by atoms with Crippen LogP contribution in [0.25, 0.3) is 0 Å². The molecule has 0 unspecified atom stereocenters. The van der Waals surface area contributed by atoms with Gasteiger partial charge in [0.05, 0.1) is 11.8 Å². The molecule has 0 aliphatic carbocycles. The zero-order valence-electron chi connectivity index (χ0n) is 9.91. The first-order chi connectivity index (χ1) is 8.90. The highest BCUT2D eigenvalue weighted by Gasteiger charge is 2.39. The lowest BCUT2D eigenvalue weighted by molar-refractivity contribution is -0.141. The number of carboxylic acids is 1. The Morgan fingerprint density at radius 2 is 2.11 bits per heavy atom. The van der Waals surface area contributed by atoms with E-state index in [2.05, 4.69) is 0 Å². The van der Waals surface area contributed by atoms with Crippen molar-refractivity contribution in [2.24, 2.45) is 0 Å². The number of nitrogens with two attached hydrogens (primary N) is 1. The topological polar surface area (TPSA) is 104 Å². The van der Waals surface area contributed by atoms with E-state index >= 15 is 0 Å². The number of carbonyl (C=O) groups is 2. The Morgan fingerprint density at radius 3 is 2.68 bits per heavy atom. The summed E-state index contributed by atoms with van der Waals surface area (Å²) in [6.45, 7) is -0.0816. The van der Waals surface area contributed by atoms with Gasteiger partial charge >= 0.3 is 5.97 Å². The van der Waals surface area contributed by atoms with E-state index in [1.807, 2.05) is 0 Å². The molecule has 1 amide bonds. The van der Waals surface area contributed by atoms with Gasteiger partial charge in [0.25, 0.3) is 5.91 Å². The number of anilines is 1. The molecule has 1 saturated heterocycles. The average molecular weight is 268 g/mol. The Balaban J connectivity index is 2.27. The highest BCUT2D eigenvalue weighted by molar-refractivity contribution is 5.97. The van der Waals surface area contributed by atoms with Crippen molar-refractivity contribution in [1.29, 1.82) is 0 Å². The molecule has 1 heterocycles. The minimum Gasteiger partial charge on any atom is -0.480 e. The van der Waals surface area contributed by atoms with Crippen LogP contribution in [0.5, 0.6) is 0 Å². The summed E-state index contributed by atoms with van der Waals surface area (Å²) < 4.78 is 13.3. The summed E-state index contributed by atoms with van der Waals surface area (Å²) in [4.78, 5) is 24.2. The highest BCUT2D eigenvalue weighted by Crippen LogP contribution is 2.22. The summed E-state index contributed by atoms with van der Waals surface area (Å²) in [5.74, 6) is -2.57. The lowest BCUT2D eigenvalue weighted by Gasteiger charge is -2.21. The van der Waals surface area contributed by atoms with Gasteiger partial charge in [-0.25, -0.2) is 9.18 Å². The maximum absolute atomic E-state index is 13.3. The molecule has 6 nitrogen and oxygen atoms in total. The first-order valence-corrected chi connectivity index (χ1v) is 5.67. The maximum atomic E-state index is 13.3.